The van der Waals surface area contributed by atoms with Gasteiger partial charge in [0.15, 0.2) is 0 Å². The highest BCUT2D eigenvalue weighted by atomic mass is 35.5. The van der Waals surface area contributed by atoms with E-state index in [4.69, 9.17) is 41.8 Å². The van der Waals surface area contributed by atoms with E-state index in [-0.39, 0.29) is 6.61 Å². The maximum absolute atomic E-state index is 12.4. The Kier molecular flexibility index (Phi) is 6.26. The predicted octanol–water partition coefficient (Wildman–Crippen LogP) is 5.43. The zero-order valence-electron chi connectivity index (χ0n) is 14.9. The van der Waals surface area contributed by atoms with E-state index in [1.54, 1.807) is 44.4 Å². The molecule has 1 aromatic heterocycles. The molecule has 0 fully saturated rings. The van der Waals surface area contributed by atoms with Gasteiger partial charge in [0.1, 0.15) is 35.9 Å². The summed E-state index contributed by atoms with van der Waals surface area (Å²) in [4.78, 5) is 12.4. The second kappa shape index (κ2) is 8.65. The summed E-state index contributed by atoms with van der Waals surface area (Å²) in [5.41, 5.74) is 1.86. The average Bonchev–Trinajstić information content (AvgIpc) is 2.98. The lowest BCUT2D eigenvalue weighted by Crippen LogP contribution is -2.10. The van der Waals surface area contributed by atoms with Crippen molar-refractivity contribution in [3.8, 4) is 5.75 Å². The Morgan fingerprint density at radius 2 is 1.89 bits per heavy atom. The summed E-state index contributed by atoms with van der Waals surface area (Å²) in [5, 5.41) is 1.61. The molecule has 0 radical (unpaired) electrons. The number of benzene rings is 2. The molecule has 0 atom stereocenters. The van der Waals surface area contributed by atoms with E-state index >= 15 is 0 Å². The standard InChI is InChI=1S/C20H18Cl2O5/c1-12-19(20(23)25-8-7-24-2)15-10-14(4-6-18(15)27-12)26-11-13-3-5-16(21)17(22)9-13/h3-6,9-10H,7-8,11H2,1-2H3. The fourth-order valence-electron chi connectivity index (χ4n) is 2.63. The van der Waals surface area contributed by atoms with Gasteiger partial charge >= 0.3 is 5.97 Å². The molecule has 0 aliphatic carbocycles. The van der Waals surface area contributed by atoms with Crippen molar-refractivity contribution in [1.82, 2.24) is 0 Å². The van der Waals surface area contributed by atoms with Crippen molar-refractivity contribution in [1.29, 1.82) is 0 Å². The van der Waals surface area contributed by atoms with Crippen molar-refractivity contribution < 1.29 is 23.4 Å². The average molecular weight is 409 g/mol. The van der Waals surface area contributed by atoms with E-state index in [0.29, 0.717) is 51.3 Å². The number of hydrogen-bond donors (Lipinski definition) is 0. The van der Waals surface area contributed by atoms with Crippen molar-refractivity contribution in [2.45, 2.75) is 13.5 Å². The molecule has 3 aromatic rings. The van der Waals surface area contributed by atoms with Crippen molar-refractivity contribution in [3.63, 3.8) is 0 Å². The van der Waals surface area contributed by atoms with Gasteiger partial charge in [0.2, 0.25) is 0 Å². The number of halogens is 2. The van der Waals surface area contributed by atoms with Gasteiger partial charge in [-0.15, -0.1) is 0 Å². The van der Waals surface area contributed by atoms with Crippen LogP contribution in [0.15, 0.2) is 40.8 Å². The second-order valence-corrected chi connectivity index (χ2v) is 6.67. The van der Waals surface area contributed by atoms with Crippen LogP contribution in [0.1, 0.15) is 21.7 Å². The zero-order valence-corrected chi connectivity index (χ0v) is 16.4. The molecule has 3 rings (SSSR count). The lowest BCUT2D eigenvalue weighted by atomic mass is 10.1. The van der Waals surface area contributed by atoms with E-state index in [9.17, 15) is 4.79 Å². The highest BCUT2D eigenvalue weighted by Gasteiger charge is 2.20. The number of furan rings is 1. The predicted molar refractivity (Wildman–Crippen MR) is 104 cm³/mol. The van der Waals surface area contributed by atoms with Crippen LogP contribution < -0.4 is 4.74 Å². The molecule has 0 saturated heterocycles. The Balaban J connectivity index is 1.80. The first-order chi connectivity index (χ1) is 13.0. The number of rotatable bonds is 7. The van der Waals surface area contributed by atoms with E-state index in [1.807, 2.05) is 6.07 Å². The molecule has 7 heteroatoms. The van der Waals surface area contributed by atoms with Crippen LogP contribution in [0.3, 0.4) is 0 Å². The summed E-state index contributed by atoms with van der Waals surface area (Å²) in [5.74, 6) is 0.638. The number of esters is 1. The molecular formula is C20H18Cl2O5. The molecule has 0 unspecified atom stereocenters. The first-order valence-electron chi connectivity index (χ1n) is 8.25. The molecule has 0 bridgehead atoms. The number of carbonyl (C=O) groups excluding carboxylic acids is 1. The molecule has 27 heavy (non-hydrogen) atoms. The third-order valence-corrected chi connectivity index (χ3v) is 4.69. The van der Waals surface area contributed by atoms with Crippen LogP contribution in [0.2, 0.25) is 10.0 Å². The molecule has 0 amide bonds. The molecular weight excluding hydrogens is 391 g/mol. The van der Waals surface area contributed by atoms with E-state index in [2.05, 4.69) is 0 Å². The quantitative estimate of drug-likeness (QED) is 0.385. The van der Waals surface area contributed by atoms with Crippen LogP contribution in [0, 0.1) is 6.92 Å². The van der Waals surface area contributed by atoms with Gasteiger partial charge in [-0.05, 0) is 42.8 Å². The molecule has 0 aliphatic rings. The SMILES string of the molecule is COCCOC(=O)c1c(C)oc2ccc(OCc3ccc(Cl)c(Cl)c3)cc12. The third-order valence-electron chi connectivity index (χ3n) is 3.95. The first-order valence-corrected chi connectivity index (χ1v) is 9.01. The zero-order chi connectivity index (χ0) is 19.4. The monoisotopic (exact) mass is 408 g/mol. The summed E-state index contributed by atoms with van der Waals surface area (Å²) < 4.78 is 21.6. The lowest BCUT2D eigenvalue weighted by Gasteiger charge is -2.08. The summed E-state index contributed by atoms with van der Waals surface area (Å²) in [6.45, 7) is 2.55. The Morgan fingerprint density at radius 3 is 2.63 bits per heavy atom. The lowest BCUT2D eigenvalue weighted by molar-refractivity contribution is 0.0388. The van der Waals surface area contributed by atoms with Gasteiger partial charge in [0, 0.05) is 12.5 Å². The highest BCUT2D eigenvalue weighted by Crippen LogP contribution is 2.30. The number of hydrogen-bond acceptors (Lipinski definition) is 5. The number of fused-ring (bicyclic) bond motifs is 1. The summed E-state index contributed by atoms with van der Waals surface area (Å²) >= 11 is 11.9. The minimum Gasteiger partial charge on any atom is -0.489 e. The Hall–Kier alpha value is -2.21. The topological polar surface area (TPSA) is 57.9 Å². The van der Waals surface area contributed by atoms with Crippen LogP contribution in [0.25, 0.3) is 11.0 Å². The maximum atomic E-state index is 12.4. The third kappa shape index (κ3) is 4.56. The molecule has 0 N–H and O–H groups in total. The van der Waals surface area contributed by atoms with Crippen LogP contribution in [0.5, 0.6) is 5.75 Å². The smallest absolute Gasteiger partial charge is 0.342 e. The summed E-state index contributed by atoms with van der Waals surface area (Å²) in [7, 11) is 1.55. The number of carbonyl (C=O) groups is 1. The fourth-order valence-corrected chi connectivity index (χ4v) is 2.95. The van der Waals surface area contributed by atoms with Crippen LogP contribution in [0.4, 0.5) is 0 Å². The second-order valence-electron chi connectivity index (χ2n) is 5.86. The van der Waals surface area contributed by atoms with Gasteiger partial charge in [0.25, 0.3) is 0 Å². The number of aryl methyl sites for hydroxylation is 1. The van der Waals surface area contributed by atoms with Crippen LogP contribution in [-0.2, 0) is 16.1 Å². The molecule has 0 spiro atoms. The molecule has 142 valence electrons. The molecule has 5 nitrogen and oxygen atoms in total. The molecule has 0 saturated carbocycles. The Labute approximate surface area is 166 Å². The van der Waals surface area contributed by atoms with E-state index in [0.717, 1.165) is 5.56 Å². The van der Waals surface area contributed by atoms with Crippen molar-refractivity contribution in [3.05, 3.63) is 63.3 Å². The number of ether oxygens (including phenoxy) is 3. The van der Waals surface area contributed by atoms with Crippen molar-refractivity contribution in [2.75, 3.05) is 20.3 Å². The maximum Gasteiger partial charge on any atom is 0.342 e. The summed E-state index contributed by atoms with van der Waals surface area (Å²) in [6, 6.07) is 10.6. The fraction of sp³-hybridized carbons (Fsp3) is 0.250. The Bertz CT molecular complexity index is 964. The van der Waals surface area contributed by atoms with Gasteiger partial charge in [-0.2, -0.15) is 0 Å². The highest BCUT2D eigenvalue weighted by molar-refractivity contribution is 6.42. The van der Waals surface area contributed by atoms with E-state index < -0.39 is 5.97 Å². The Morgan fingerprint density at radius 1 is 1.07 bits per heavy atom. The minimum atomic E-state index is -0.454. The minimum absolute atomic E-state index is 0.176. The van der Waals surface area contributed by atoms with Crippen molar-refractivity contribution >= 4 is 40.1 Å². The van der Waals surface area contributed by atoms with Gasteiger partial charge in [-0.25, -0.2) is 4.79 Å². The van der Waals surface area contributed by atoms with Crippen molar-refractivity contribution in [2.24, 2.45) is 0 Å². The van der Waals surface area contributed by atoms with Crippen LogP contribution in [-0.4, -0.2) is 26.3 Å². The van der Waals surface area contributed by atoms with Gasteiger partial charge in [-0.1, -0.05) is 29.3 Å². The number of methoxy groups -OCH3 is 1. The summed E-state index contributed by atoms with van der Waals surface area (Å²) in [6.07, 6.45) is 0. The first kappa shape index (κ1) is 19.5. The van der Waals surface area contributed by atoms with Crippen LogP contribution >= 0.6 is 23.2 Å². The largest absolute Gasteiger partial charge is 0.489 e. The van der Waals surface area contributed by atoms with Gasteiger partial charge in [0.05, 0.1) is 16.7 Å². The van der Waals surface area contributed by atoms with E-state index in [1.165, 1.54) is 0 Å². The van der Waals surface area contributed by atoms with Gasteiger partial charge in [-0.3, -0.25) is 0 Å². The van der Waals surface area contributed by atoms with Gasteiger partial charge < -0.3 is 18.6 Å². The normalized spacial score (nSPS) is 11.0. The molecule has 2 aromatic carbocycles. The molecule has 1 heterocycles. The molecule has 0 aliphatic heterocycles.